The van der Waals surface area contributed by atoms with Gasteiger partial charge in [0.25, 0.3) is 5.91 Å². The molecule has 33 heavy (non-hydrogen) atoms. The first kappa shape index (κ1) is 23.3. The van der Waals surface area contributed by atoms with E-state index in [0.717, 1.165) is 5.56 Å². The summed E-state index contributed by atoms with van der Waals surface area (Å²) in [4.78, 5) is 24.7. The van der Waals surface area contributed by atoms with Crippen molar-refractivity contribution in [2.45, 2.75) is 6.92 Å². The van der Waals surface area contributed by atoms with Crippen molar-refractivity contribution in [1.29, 1.82) is 0 Å². The number of nitrogens with one attached hydrogen (secondary N) is 1. The number of aryl methyl sites for hydroxylation is 1. The number of rotatable bonds is 8. The molecule has 1 N–H and O–H groups in total. The monoisotopic (exact) mass is 448 g/mol. The zero-order chi connectivity index (χ0) is 23.8. The number of ether oxygens (including phenoxy) is 4. The van der Waals surface area contributed by atoms with Crippen LogP contribution >= 0.6 is 0 Å². The van der Waals surface area contributed by atoms with Crippen molar-refractivity contribution in [2.75, 3.05) is 21.3 Å². The minimum atomic E-state index is -0.582. The van der Waals surface area contributed by atoms with Crippen LogP contribution in [0.5, 0.6) is 23.0 Å². The van der Waals surface area contributed by atoms with Gasteiger partial charge in [-0.1, -0.05) is 17.7 Å². The van der Waals surface area contributed by atoms with Crippen LogP contribution in [0.15, 0.2) is 65.8 Å². The van der Waals surface area contributed by atoms with Crippen LogP contribution in [-0.4, -0.2) is 39.4 Å². The molecule has 0 spiro atoms. The number of carbonyl (C=O) groups is 2. The van der Waals surface area contributed by atoms with Gasteiger partial charge in [0.1, 0.15) is 0 Å². The van der Waals surface area contributed by atoms with E-state index in [-0.39, 0.29) is 11.7 Å². The number of hydrogen-bond acceptors (Lipinski definition) is 7. The molecule has 0 radical (unpaired) electrons. The van der Waals surface area contributed by atoms with Gasteiger partial charge < -0.3 is 18.9 Å². The summed E-state index contributed by atoms with van der Waals surface area (Å²) in [5.41, 5.74) is 4.98. The second-order valence-corrected chi connectivity index (χ2v) is 6.93. The molecule has 0 heterocycles. The minimum absolute atomic E-state index is 0.234. The van der Waals surface area contributed by atoms with Crippen molar-refractivity contribution in [2.24, 2.45) is 5.10 Å². The third-order valence-electron chi connectivity index (χ3n) is 4.70. The average molecular weight is 448 g/mol. The van der Waals surface area contributed by atoms with Crippen molar-refractivity contribution in [1.82, 2.24) is 5.43 Å². The quantitative estimate of drug-likeness (QED) is 0.242. The van der Waals surface area contributed by atoms with E-state index in [4.69, 9.17) is 18.9 Å². The predicted molar refractivity (Wildman–Crippen MR) is 124 cm³/mol. The standard InChI is InChI=1S/C25H24N2O6/c1-16-5-8-18(9-6-16)24(28)27-26-15-17-7-11-21(22(13-17)31-3)33-25(29)19-10-12-20(30-2)23(14-19)32-4/h5-15H,1-4H3,(H,27,28). The zero-order valence-corrected chi connectivity index (χ0v) is 18.7. The van der Waals surface area contributed by atoms with Gasteiger partial charge in [-0.15, -0.1) is 0 Å². The normalized spacial score (nSPS) is 10.5. The molecule has 0 atom stereocenters. The lowest BCUT2D eigenvalue weighted by Crippen LogP contribution is -2.17. The maximum absolute atomic E-state index is 12.6. The van der Waals surface area contributed by atoms with E-state index in [1.165, 1.54) is 33.6 Å². The number of nitrogens with zero attached hydrogens (tertiary/aromatic N) is 1. The van der Waals surface area contributed by atoms with Crippen LogP contribution in [0.4, 0.5) is 0 Å². The van der Waals surface area contributed by atoms with Gasteiger partial charge >= 0.3 is 5.97 Å². The fraction of sp³-hybridized carbons (Fsp3) is 0.160. The van der Waals surface area contributed by atoms with Crippen LogP contribution in [0.3, 0.4) is 0 Å². The van der Waals surface area contributed by atoms with Crippen LogP contribution in [0.1, 0.15) is 31.8 Å². The maximum atomic E-state index is 12.6. The van der Waals surface area contributed by atoms with E-state index in [1.807, 2.05) is 19.1 Å². The van der Waals surface area contributed by atoms with Crippen LogP contribution in [0.2, 0.25) is 0 Å². The van der Waals surface area contributed by atoms with Crippen molar-refractivity contribution < 1.29 is 28.5 Å². The molecule has 1 amide bonds. The molecule has 8 heteroatoms. The summed E-state index contributed by atoms with van der Waals surface area (Å²) in [5, 5.41) is 3.98. The fourth-order valence-corrected chi connectivity index (χ4v) is 2.91. The van der Waals surface area contributed by atoms with Crippen LogP contribution in [-0.2, 0) is 0 Å². The first-order valence-corrected chi connectivity index (χ1v) is 9.97. The molecule has 3 aromatic carbocycles. The van der Waals surface area contributed by atoms with Crippen LogP contribution in [0, 0.1) is 6.92 Å². The Bertz CT molecular complexity index is 1170. The first-order chi connectivity index (χ1) is 15.9. The van der Waals surface area contributed by atoms with Crippen molar-refractivity contribution in [3.8, 4) is 23.0 Å². The van der Waals surface area contributed by atoms with Crippen LogP contribution in [0.25, 0.3) is 0 Å². The summed E-state index contributed by atoms with van der Waals surface area (Å²) < 4.78 is 21.2. The predicted octanol–water partition coefficient (Wildman–Crippen LogP) is 4.00. The molecule has 0 unspecified atom stereocenters. The molecular formula is C25H24N2O6. The molecular weight excluding hydrogens is 424 g/mol. The van der Waals surface area contributed by atoms with E-state index in [2.05, 4.69) is 10.5 Å². The molecule has 0 fully saturated rings. The Morgan fingerprint density at radius 2 is 1.36 bits per heavy atom. The highest BCUT2D eigenvalue weighted by atomic mass is 16.6. The Kier molecular flexibility index (Phi) is 7.64. The van der Waals surface area contributed by atoms with Crippen molar-refractivity contribution in [3.63, 3.8) is 0 Å². The number of esters is 1. The second kappa shape index (κ2) is 10.8. The number of benzene rings is 3. The Labute approximate surface area is 191 Å². The summed E-state index contributed by atoms with van der Waals surface area (Å²) >= 11 is 0. The lowest BCUT2D eigenvalue weighted by Gasteiger charge is -2.11. The van der Waals surface area contributed by atoms with Crippen molar-refractivity contribution in [3.05, 3.63) is 82.9 Å². The summed E-state index contributed by atoms with van der Waals surface area (Å²) in [7, 11) is 4.46. The van der Waals surface area contributed by atoms with Gasteiger partial charge in [-0.25, -0.2) is 10.2 Å². The first-order valence-electron chi connectivity index (χ1n) is 9.97. The molecule has 8 nitrogen and oxygen atoms in total. The smallest absolute Gasteiger partial charge is 0.343 e. The summed E-state index contributed by atoms with van der Waals surface area (Å²) in [6.45, 7) is 1.95. The fourth-order valence-electron chi connectivity index (χ4n) is 2.91. The zero-order valence-electron chi connectivity index (χ0n) is 18.7. The van der Waals surface area contributed by atoms with E-state index in [0.29, 0.717) is 33.9 Å². The highest BCUT2D eigenvalue weighted by molar-refractivity contribution is 5.95. The van der Waals surface area contributed by atoms with Gasteiger partial charge in [-0.2, -0.15) is 5.10 Å². The molecule has 0 aliphatic heterocycles. The third kappa shape index (κ3) is 5.88. The Balaban J connectivity index is 1.69. The van der Waals surface area contributed by atoms with Gasteiger partial charge in [-0.3, -0.25) is 4.79 Å². The van der Waals surface area contributed by atoms with E-state index < -0.39 is 5.97 Å². The van der Waals surface area contributed by atoms with Gasteiger partial charge in [0, 0.05) is 5.56 Å². The van der Waals surface area contributed by atoms with E-state index in [1.54, 1.807) is 42.5 Å². The molecule has 3 aromatic rings. The Morgan fingerprint density at radius 3 is 2.03 bits per heavy atom. The van der Waals surface area contributed by atoms with E-state index >= 15 is 0 Å². The van der Waals surface area contributed by atoms with Gasteiger partial charge in [0.2, 0.25) is 0 Å². The van der Waals surface area contributed by atoms with Gasteiger partial charge in [0.05, 0.1) is 33.1 Å². The van der Waals surface area contributed by atoms with Crippen molar-refractivity contribution >= 4 is 18.1 Å². The molecule has 170 valence electrons. The number of methoxy groups -OCH3 is 3. The summed E-state index contributed by atoms with van der Waals surface area (Å²) in [6.07, 6.45) is 1.47. The largest absolute Gasteiger partial charge is 0.493 e. The minimum Gasteiger partial charge on any atom is -0.493 e. The lowest BCUT2D eigenvalue weighted by atomic mass is 10.1. The molecule has 3 rings (SSSR count). The number of carbonyl (C=O) groups excluding carboxylic acids is 2. The number of hydrogen-bond donors (Lipinski definition) is 1. The maximum Gasteiger partial charge on any atom is 0.343 e. The number of amides is 1. The lowest BCUT2D eigenvalue weighted by molar-refractivity contribution is 0.0729. The molecule has 0 saturated heterocycles. The number of hydrazone groups is 1. The highest BCUT2D eigenvalue weighted by Crippen LogP contribution is 2.31. The van der Waals surface area contributed by atoms with Crippen LogP contribution < -0.4 is 24.4 Å². The SMILES string of the molecule is COc1ccc(C(=O)Oc2ccc(C=NNC(=O)c3ccc(C)cc3)cc2OC)cc1OC. The average Bonchev–Trinajstić information content (AvgIpc) is 2.84. The molecule has 0 aromatic heterocycles. The molecule has 0 aliphatic rings. The summed E-state index contributed by atoms with van der Waals surface area (Å²) in [5.74, 6) is 0.582. The Hall–Kier alpha value is -4.33. The molecule has 0 aliphatic carbocycles. The highest BCUT2D eigenvalue weighted by Gasteiger charge is 2.15. The Morgan fingerprint density at radius 1 is 0.758 bits per heavy atom. The second-order valence-electron chi connectivity index (χ2n) is 6.93. The molecule has 0 saturated carbocycles. The summed E-state index contributed by atoms with van der Waals surface area (Å²) in [6, 6.07) is 16.8. The van der Waals surface area contributed by atoms with E-state index in [9.17, 15) is 9.59 Å². The van der Waals surface area contributed by atoms with Gasteiger partial charge in [0.15, 0.2) is 23.0 Å². The molecule has 0 bridgehead atoms. The topological polar surface area (TPSA) is 95.5 Å². The van der Waals surface area contributed by atoms with Gasteiger partial charge in [-0.05, 0) is 61.0 Å². The third-order valence-corrected chi connectivity index (χ3v) is 4.70.